The average molecular weight is 695 g/mol. The van der Waals surface area contributed by atoms with Crippen molar-refractivity contribution in [2.75, 3.05) is 4.90 Å². The molecule has 3 aromatic heterocycles. The van der Waals surface area contributed by atoms with Crippen molar-refractivity contribution in [2.24, 2.45) is 0 Å². The molecule has 0 fully saturated rings. The lowest BCUT2D eigenvalue weighted by Gasteiger charge is -2.26. The molecule has 3 heterocycles. The highest BCUT2D eigenvalue weighted by Crippen LogP contribution is 2.43. The van der Waals surface area contributed by atoms with E-state index in [2.05, 4.69) is 132 Å². The second kappa shape index (κ2) is 12.1. The number of para-hydroxylation sites is 2. The third-order valence-corrected chi connectivity index (χ3v) is 10.3. The number of rotatable bonds is 6. The van der Waals surface area contributed by atoms with E-state index in [0.29, 0.717) is 11.5 Å². The van der Waals surface area contributed by atoms with Crippen molar-refractivity contribution in [3.8, 4) is 33.7 Å². The Morgan fingerprint density at radius 3 is 1.70 bits per heavy atom. The maximum Gasteiger partial charge on any atom is 0.227 e. The summed E-state index contributed by atoms with van der Waals surface area (Å²) in [4.78, 5) is 7.05. The molecule has 0 N–H and O–H groups in total. The Hall–Kier alpha value is -7.37. The maximum absolute atomic E-state index is 6.54. The van der Waals surface area contributed by atoms with Gasteiger partial charge in [0.25, 0.3) is 0 Å². The highest BCUT2D eigenvalue weighted by molar-refractivity contribution is 6.11. The van der Waals surface area contributed by atoms with Crippen molar-refractivity contribution in [1.29, 1.82) is 0 Å². The molecule has 0 bridgehead atoms. The van der Waals surface area contributed by atoms with Gasteiger partial charge in [-0.3, -0.25) is 0 Å². The highest BCUT2D eigenvalue weighted by atomic mass is 16.4. The van der Waals surface area contributed by atoms with Crippen LogP contribution in [0.4, 0.5) is 17.1 Å². The zero-order valence-corrected chi connectivity index (χ0v) is 28.9. The monoisotopic (exact) mass is 694 g/mol. The van der Waals surface area contributed by atoms with E-state index in [9.17, 15) is 0 Å². The zero-order chi connectivity index (χ0) is 35.6. The molecule has 0 aliphatic heterocycles. The molecule has 5 heteroatoms. The van der Waals surface area contributed by atoms with Gasteiger partial charge in [-0.2, -0.15) is 0 Å². The van der Waals surface area contributed by atoms with Crippen molar-refractivity contribution < 1.29 is 13.3 Å². The molecule has 5 nitrogen and oxygen atoms in total. The Morgan fingerprint density at radius 1 is 0.352 bits per heavy atom. The van der Waals surface area contributed by atoms with E-state index in [1.165, 1.54) is 11.1 Å². The van der Waals surface area contributed by atoms with Gasteiger partial charge in [-0.25, -0.2) is 4.98 Å². The number of anilines is 3. The molecule has 0 saturated heterocycles. The van der Waals surface area contributed by atoms with Crippen LogP contribution in [0.3, 0.4) is 0 Å². The SMILES string of the molecule is c1ccc(-c2ccc(N(c3ccc(-c4ccc5c(c4)oc4cc6oc(-c7ccccc7)nc6cc45)cc3)c3cccc4c3oc3ccccc34)cc2)cc1. The van der Waals surface area contributed by atoms with Gasteiger partial charge in [-0.1, -0.05) is 109 Å². The summed E-state index contributed by atoms with van der Waals surface area (Å²) in [6.45, 7) is 0. The van der Waals surface area contributed by atoms with Gasteiger partial charge in [0.1, 0.15) is 22.3 Å². The predicted molar refractivity (Wildman–Crippen MR) is 220 cm³/mol. The summed E-state index contributed by atoms with van der Waals surface area (Å²) in [5.74, 6) is 0.602. The number of nitrogens with zero attached hydrogens (tertiary/aromatic N) is 2. The smallest absolute Gasteiger partial charge is 0.227 e. The van der Waals surface area contributed by atoms with Crippen LogP contribution in [0.25, 0.3) is 88.7 Å². The number of hydrogen-bond donors (Lipinski definition) is 0. The average Bonchev–Trinajstić information content (AvgIpc) is 3.94. The van der Waals surface area contributed by atoms with Crippen LogP contribution in [0.1, 0.15) is 0 Å². The van der Waals surface area contributed by atoms with Crippen LogP contribution >= 0.6 is 0 Å². The maximum atomic E-state index is 6.54. The fourth-order valence-electron chi connectivity index (χ4n) is 7.65. The molecular weight excluding hydrogens is 665 g/mol. The molecule has 0 unspecified atom stereocenters. The van der Waals surface area contributed by atoms with Crippen LogP contribution < -0.4 is 4.90 Å². The summed E-state index contributed by atoms with van der Waals surface area (Å²) >= 11 is 0. The first-order chi connectivity index (χ1) is 26.7. The van der Waals surface area contributed by atoms with Crippen molar-refractivity contribution >= 4 is 72.0 Å². The van der Waals surface area contributed by atoms with Gasteiger partial charge in [-0.05, 0) is 89.0 Å². The molecule has 254 valence electrons. The fourth-order valence-corrected chi connectivity index (χ4v) is 7.65. The van der Waals surface area contributed by atoms with Crippen LogP contribution in [0.15, 0.2) is 195 Å². The highest BCUT2D eigenvalue weighted by Gasteiger charge is 2.20. The lowest BCUT2D eigenvalue weighted by Crippen LogP contribution is -2.10. The Balaban J connectivity index is 0.978. The Kier molecular flexibility index (Phi) is 6.79. The van der Waals surface area contributed by atoms with Gasteiger partial charge >= 0.3 is 0 Å². The lowest BCUT2D eigenvalue weighted by atomic mass is 10.0. The van der Waals surface area contributed by atoms with Gasteiger partial charge in [0.15, 0.2) is 11.2 Å². The molecule has 8 aromatic carbocycles. The molecule has 54 heavy (non-hydrogen) atoms. The summed E-state index contributed by atoms with van der Waals surface area (Å²) < 4.78 is 19.1. The van der Waals surface area contributed by atoms with Crippen LogP contribution in [0, 0.1) is 0 Å². The normalized spacial score (nSPS) is 11.7. The van der Waals surface area contributed by atoms with Crippen LogP contribution in [0.2, 0.25) is 0 Å². The minimum atomic E-state index is 0.602. The number of benzene rings is 8. The quantitative estimate of drug-likeness (QED) is 0.173. The first kappa shape index (κ1) is 30.3. The Labute approximate surface area is 309 Å². The predicted octanol–water partition coefficient (Wildman–Crippen LogP) is 14.1. The van der Waals surface area contributed by atoms with Crippen molar-refractivity contribution in [3.05, 3.63) is 182 Å². The standard InChI is InChI=1S/C49H30N2O3/c1-3-10-31(11-4-1)32-18-23-36(24-19-32)51(43-16-9-15-40-38-14-7-8-17-44(38)53-48(40)43)37-25-20-33(21-26-37)35-22-27-39-41-29-42-47(30-46(41)52-45(39)28-35)54-49(50-42)34-12-5-2-6-13-34/h1-30H. The minimum absolute atomic E-state index is 0.602. The van der Waals surface area contributed by atoms with E-state index in [1.54, 1.807) is 0 Å². The Bertz CT molecular complexity index is 3140. The topological polar surface area (TPSA) is 55.6 Å². The summed E-state index contributed by atoms with van der Waals surface area (Å²) in [7, 11) is 0. The van der Waals surface area contributed by atoms with Gasteiger partial charge < -0.3 is 18.2 Å². The fraction of sp³-hybridized carbons (Fsp3) is 0. The summed E-state index contributed by atoms with van der Waals surface area (Å²) in [5, 5.41) is 4.25. The van der Waals surface area contributed by atoms with E-state index in [0.717, 1.165) is 83.1 Å². The number of furan rings is 2. The van der Waals surface area contributed by atoms with E-state index >= 15 is 0 Å². The molecule has 11 rings (SSSR count). The van der Waals surface area contributed by atoms with Gasteiger partial charge in [0, 0.05) is 44.5 Å². The van der Waals surface area contributed by atoms with Crippen LogP contribution in [-0.4, -0.2) is 4.98 Å². The molecule has 0 amide bonds. The van der Waals surface area contributed by atoms with Crippen molar-refractivity contribution in [1.82, 2.24) is 4.98 Å². The minimum Gasteiger partial charge on any atom is -0.456 e. The molecule has 0 aliphatic rings. The largest absolute Gasteiger partial charge is 0.456 e. The van der Waals surface area contributed by atoms with Gasteiger partial charge in [0.05, 0.1) is 5.69 Å². The van der Waals surface area contributed by atoms with Gasteiger partial charge in [-0.15, -0.1) is 0 Å². The molecule has 0 spiro atoms. The second-order valence-electron chi connectivity index (χ2n) is 13.6. The Morgan fingerprint density at radius 2 is 0.944 bits per heavy atom. The third-order valence-electron chi connectivity index (χ3n) is 10.3. The number of hydrogen-bond acceptors (Lipinski definition) is 5. The van der Waals surface area contributed by atoms with Crippen molar-refractivity contribution in [3.63, 3.8) is 0 Å². The van der Waals surface area contributed by atoms with E-state index in [1.807, 2.05) is 54.6 Å². The number of oxazole rings is 1. The molecule has 11 aromatic rings. The number of aromatic nitrogens is 1. The summed E-state index contributed by atoms with van der Waals surface area (Å²) in [6.07, 6.45) is 0. The second-order valence-corrected chi connectivity index (χ2v) is 13.6. The first-order valence-electron chi connectivity index (χ1n) is 18.0. The molecule has 0 radical (unpaired) electrons. The zero-order valence-electron chi connectivity index (χ0n) is 28.9. The van der Waals surface area contributed by atoms with E-state index < -0.39 is 0 Å². The molecule has 0 saturated carbocycles. The molecular formula is C49H30N2O3. The first-order valence-corrected chi connectivity index (χ1v) is 18.0. The van der Waals surface area contributed by atoms with E-state index in [4.69, 9.17) is 18.2 Å². The van der Waals surface area contributed by atoms with Crippen LogP contribution in [-0.2, 0) is 0 Å². The number of fused-ring (bicyclic) bond motifs is 7. The van der Waals surface area contributed by atoms with E-state index in [-0.39, 0.29) is 0 Å². The van der Waals surface area contributed by atoms with Gasteiger partial charge in [0.2, 0.25) is 5.89 Å². The third kappa shape index (κ3) is 4.98. The summed E-state index contributed by atoms with van der Waals surface area (Å²) in [6, 6.07) is 62.9. The molecule has 0 atom stereocenters. The van der Waals surface area contributed by atoms with Crippen LogP contribution in [0.5, 0.6) is 0 Å². The lowest BCUT2D eigenvalue weighted by molar-refractivity contribution is 0.617. The summed E-state index contributed by atoms with van der Waals surface area (Å²) in [5.41, 5.74) is 13.3. The van der Waals surface area contributed by atoms with Crippen molar-refractivity contribution in [2.45, 2.75) is 0 Å². The molecule has 0 aliphatic carbocycles.